The van der Waals surface area contributed by atoms with Crippen LogP contribution < -0.4 is 5.32 Å². The standard InChI is InChI=1S/C20H26FNO5/c1-3-4-20(21,17(25)16(24)10-22-12(2)23)18(26)27-11-19-8-13-5-14(9-19)7-15(19)6-13/h3,13-15H,1,4-11H2,2H3,(H,22,23). The normalized spacial score (nSPS) is 32.6. The molecule has 0 aromatic heterocycles. The Balaban J connectivity index is 1.66. The van der Waals surface area contributed by atoms with Crippen molar-refractivity contribution >= 4 is 23.4 Å². The molecule has 4 rings (SSSR count). The van der Waals surface area contributed by atoms with Crippen molar-refractivity contribution in [1.29, 1.82) is 0 Å². The number of rotatable bonds is 9. The molecule has 4 saturated carbocycles. The Morgan fingerprint density at radius 3 is 2.41 bits per heavy atom. The number of hydrogen-bond acceptors (Lipinski definition) is 5. The molecular weight excluding hydrogens is 353 g/mol. The summed E-state index contributed by atoms with van der Waals surface area (Å²) in [7, 11) is 0. The van der Waals surface area contributed by atoms with E-state index in [2.05, 4.69) is 11.9 Å². The van der Waals surface area contributed by atoms with E-state index in [0.29, 0.717) is 17.8 Å². The van der Waals surface area contributed by atoms with Gasteiger partial charge in [-0.15, -0.1) is 6.58 Å². The summed E-state index contributed by atoms with van der Waals surface area (Å²) >= 11 is 0. The van der Waals surface area contributed by atoms with Gasteiger partial charge in [0.15, 0.2) is 0 Å². The highest BCUT2D eigenvalue weighted by molar-refractivity contribution is 6.45. The van der Waals surface area contributed by atoms with Gasteiger partial charge in [-0.05, 0) is 49.9 Å². The Morgan fingerprint density at radius 2 is 1.85 bits per heavy atom. The highest BCUT2D eigenvalue weighted by Gasteiger charge is 2.59. The van der Waals surface area contributed by atoms with Crippen molar-refractivity contribution in [3.05, 3.63) is 12.7 Å². The van der Waals surface area contributed by atoms with Crippen LogP contribution in [0.15, 0.2) is 12.7 Å². The Labute approximate surface area is 157 Å². The van der Waals surface area contributed by atoms with Crippen LogP contribution in [0.1, 0.15) is 45.4 Å². The highest BCUT2D eigenvalue weighted by Crippen LogP contribution is 2.65. The molecule has 0 spiro atoms. The van der Waals surface area contributed by atoms with E-state index in [-0.39, 0.29) is 12.0 Å². The van der Waals surface area contributed by atoms with Gasteiger partial charge in [0.05, 0.1) is 13.2 Å². The molecule has 1 amide bonds. The maximum Gasteiger partial charge on any atom is 0.352 e. The maximum absolute atomic E-state index is 15.2. The SMILES string of the molecule is C=CCC(F)(C(=O)OCC12CC3CC(CC1C3)C2)C(=O)C(=O)CNC(C)=O. The van der Waals surface area contributed by atoms with E-state index in [9.17, 15) is 19.2 Å². The summed E-state index contributed by atoms with van der Waals surface area (Å²) in [5, 5.41) is 2.14. The molecule has 0 radical (unpaired) electrons. The molecule has 27 heavy (non-hydrogen) atoms. The number of amides is 1. The number of carbonyl (C=O) groups is 4. The smallest absolute Gasteiger partial charge is 0.352 e. The van der Waals surface area contributed by atoms with Gasteiger partial charge < -0.3 is 10.1 Å². The van der Waals surface area contributed by atoms with Gasteiger partial charge in [0, 0.05) is 18.8 Å². The largest absolute Gasteiger partial charge is 0.462 e. The third kappa shape index (κ3) is 3.56. The topological polar surface area (TPSA) is 89.5 Å². The van der Waals surface area contributed by atoms with E-state index in [1.54, 1.807) is 0 Å². The molecule has 6 nitrogen and oxygen atoms in total. The fourth-order valence-corrected chi connectivity index (χ4v) is 5.50. The molecule has 0 saturated heterocycles. The first-order valence-electron chi connectivity index (χ1n) is 9.49. The van der Waals surface area contributed by atoms with E-state index in [4.69, 9.17) is 4.74 Å². The lowest BCUT2D eigenvalue weighted by Gasteiger charge is -2.33. The molecule has 1 N–H and O–H groups in total. The predicted octanol–water partition coefficient (Wildman–Crippen LogP) is 1.91. The van der Waals surface area contributed by atoms with Crippen LogP contribution >= 0.6 is 0 Å². The van der Waals surface area contributed by atoms with Crippen molar-refractivity contribution in [2.75, 3.05) is 13.2 Å². The predicted molar refractivity (Wildman–Crippen MR) is 94.3 cm³/mol. The average Bonchev–Trinajstić information content (AvgIpc) is 3.01. The lowest BCUT2D eigenvalue weighted by atomic mass is 9.76. The van der Waals surface area contributed by atoms with Gasteiger partial charge in [0.1, 0.15) is 0 Å². The fraction of sp³-hybridized carbons (Fsp3) is 0.700. The van der Waals surface area contributed by atoms with Crippen molar-refractivity contribution in [3.63, 3.8) is 0 Å². The first-order valence-corrected chi connectivity index (χ1v) is 9.49. The molecular formula is C20H26FNO5. The van der Waals surface area contributed by atoms with Gasteiger partial charge in [-0.2, -0.15) is 0 Å². The third-order valence-electron chi connectivity index (χ3n) is 6.51. The van der Waals surface area contributed by atoms with Crippen LogP contribution in [-0.4, -0.2) is 42.3 Å². The Kier molecular flexibility index (Phi) is 5.23. The van der Waals surface area contributed by atoms with E-state index < -0.39 is 42.1 Å². The number of carbonyl (C=O) groups excluding carboxylic acids is 4. The maximum atomic E-state index is 15.2. The molecule has 0 heterocycles. The van der Waals surface area contributed by atoms with Crippen LogP contribution in [0.2, 0.25) is 0 Å². The van der Waals surface area contributed by atoms with Crippen LogP contribution in [0.5, 0.6) is 0 Å². The van der Waals surface area contributed by atoms with Gasteiger partial charge in [0.25, 0.3) is 5.67 Å². The van der Waals surface area contributed by atoms with Crippen molar-refractivity contribution < 1.29 is 28.3 Å². The molecule has 4 fully saturated rings. The van der Waals surface area contributed by atoms with Gasteiger partial charge in [-0.3, -0.25) is 14.4 Å². The highest BCUT2D eigenvalue weighted by atomic mass is 19.1. The van der Waals surface area contributed by atoms with Gasteiger partial charge in [-0.25, -0.2) is 9.18 Å². The van der Waals surface area contributed by atoms with E-state index in [1.165, 1.54) is 13.3 Å². The van der Waals surface area contributed by atoms with Crippen LogP contribution in [0.4, 0.5) is 4.39 Å². The Hall–Kier alpha value is -2.05. The second-order valence-electron chi connectivity index (χ2n) is 8.44. The number of nitrogens with one attached hydrogen (secondary N) is 1. The zero-order valence-corrected chi connectivity index (χ0v) is 15.6. The second-order valence-corrected chi connectivity index (χ2v) is 8.44. The third-order valence-corrected chi connectivity index (χ3v) is 6.51. The summed E-state index contributed by atoms with van der Waals surface area (Å²) in [5.74, 6) is -2.72. The lowest BCUT2D eigenvalue weighted by Crippen LogP contribution is -2.50. The molecule has 7 heteroatoms. The summed E-state index contributed by atoms with van der Waals surface area (Å²) in [6.45, 7) is 3.98. The minimum atomic E-state index is -3.09. The minimum absolute atomic E-state index is 0.0957. The molecule has 3 atom stereocenters. The Morgan fingerprint density at radius 1 is 1.22 bits per heavy atom. The van der Waals surface area contributed by atoms with Crippen LogP contribution in [-0.2, 0) is 23.9 Å². The summed E-state index contributed by atoms with van der Waals surface area (Å²) in [5.41, 5.74) is -3.19. The molecule has 0 aromatic carbocycles. The molecule has 4 bridgehead atoms. The molecule has 4 aliphatic rings. The number of alkyl halides is 1. The summed E-state index contributed by atoms with van der Waals surface area (Å²) in [4.78, 5) is 47.5. The number of Topliss-reactive ketones (excluding diaryl/α,β-unsaturated/α-hetero) is 2. The molecule has 0 aliphatic heterocycles. The van der Waals surface area contributed by atoms with E-state index >= 15 is 4.39 Å². The first-order chi connectivity index (χ1) is 12.7. The number of ether oxygens (including phenoxy) is 1. The summed E-state index contributed by atoms with van der Waals surface area (Å²) in [6, 6.07) is 0. The number of allylic oxidation sites excluding steroid dienone is 1. The van der Waals surface area contributed by atoms with Crippen LogP contribution in [0.3, 0.4) is 0 Å². The van der Waals surface area contributed by atoms with Crippen molar-refractivity contribution in [2.45, 2.75) is 51.1 Å². The quantitative estimate of drug-likeness (QED) is 0.286. The fourth-order valence-electron chi connectivity index (χ4n) is 5.50. The van der Waals surface area contributed by atoms with E-state index in [1.807, 2.05) is 0 Å². The first kappa shape index (κ1) is 19.7. The second kappa shape index (κ2) is 7.17. The van der Waals surface area contributed by atoms with Crippen molar-refractivity contribution in [3.8, 4) is 0 Å². The molecule has 3 unspecified atom stereocenters. The molecule has 0 aromatic rings. The summed E-state index contributed by atoms with van der Waals surface area (Å²) in [6.07, 6.45) is 5.90. The minimum Gasteiger partial charge on any atom is -0.462 e. The van der Waals surface area contributed by atoms with E-state index in [0.717, 1.165) is 31.8 Å². The monoisotopic (exact) mass is 379 g/mol. The molecule has 148 valence electrons. The zero-order valence-electron chi connectivity index (χ0n) is 15.6. The lowest BCUT2D eigenvalue weighted by molar-refractivity contribution is -0.168. The number of halogens is 1. The Bertz CT molecular complexity index is 676. The summed E-state index contributed by atoms with van der Waals surface area (Å²) < 4.78 is 20.5. The van der Waals surface area contributed by atoms with Crippen LogP contribution in [0, 0.1) is 23.2 Å². The van der Waals surface area contributed by atoms with Crippen LogP contribution in [0.25, 0.3) is 0 Å². The van der Waals surface area contributed by atoms with Crippen molar-refractivity contribution in [1.82, 2.24) is 5.32 Å². The molecule has 4 aliphatic carbocycles. The van der Waals surface area contributed by atoms with Gasteiger partial charge >= 0.3 is 5.97 Å². The average molecular weight is 379 g/mol. The van der Waals surface area contributed by atoms with Gasteiger partial charge in [-0.1, -0.05) is 6.08 Å². The number of ketones is 2. The van der Waals surface area contributed by atoms with Crippen molar-refractivity contribution in [2.24, 2.45) is 23.2 Å². The zero-order chi connectivity index (χ0) is 19.8. The number of esters is 1. The number of hydrogen-bond donors (Lipinski definition) is 1. The van der Waals surface area contributed by atoms with Gasteiger partial charge in [0.2, 0.25) is 17.5 Å².